The number of hydrogen-bond donors (Lipinski definition) is 1. The number of carbonyl (C=O) groups is 1. The van der Waals surface area contributed by atoms with E-state index in [4.69, 9.17) is 9.84 Å². The van der Waals surface area contributed by atoms with Gasteiger partial charge in [-0.1, -0.05) is 18.7 Å². The average molecular weight is 218 g/mol. The Morgan fingerprint density at radius 3 is 3.06 bits per heavy atom. The third-order valence-corrected chi connectivity index (χ3v) is 2.69. The quantitative estimate of drug-likeness (QED) is 0.791. The molecule has 0 radical (unpaired) electrons. The van der Waals surface area contributed by atoms with Crippen molar-refractivity contribution < 1.29 is 14.6 Å². The smallest absolute Gasteiger partial charge is 0.331 e. The molecule has 0 spiro atoms. The molecule has 0 unspecified atom stereocenters. The monoisotopic (exact) mass is 218 g/mol. The van der Waals surface area contributed by atoms with Crippen molar-refractivity contribution in [3.05, 3.63) is 41.5 Å². The molecule has 3 heteroatoms. The fraction of sp³-hybridized carbons (Fsp3) is 0.308. The Morgan fingerprint density at radius 1 is 1.50 bits per heavy atom. The molecule has 3 nitrogen and oxygen atoms in total. The van der Waals surface area contributed by atoms with Gasteiger partial charge in [-0.15, -0.1) is 0 Å². The van der Waals surface area contributed by atoms with Gasteiger partial charge in [0.05, 0.1) is 6.61 Å². The van der Waals surface area contributed by atoms with Crippen LogP contribution in [0.2, 0.25) is 0 Å². The first kappa shape index (κ1) is 10.7. The molecule has 1 heterocycles. The molecule has 0 atom stereocenters. The van der Waals surface area contributed by atoms with Crippen molar-refractivity contribution >= 4 is 5.97 Å². The molecule has 16 heavy (non-hydrogen) atoms. The highest BCUT2D eigenvalue weighted by Crippen LogP contribution is 2.26. The first-order chi connectivity index (χ1) is 7.66. The van der Waals surface area contributed by atoms with E-state index in [-0.39, 0.29) is 5.57 Å². The van der Waals surface area contributed by atoms with Gasteiger partial charge in [0.1, 0.15) is 5.75 Å². The van der Waals surface area contributed by atoms with E-state index in [1.807, 2.05) is 18.2 Å². The Hall–Kier alpha value is -1.77. The van der Waals surface area contributed by atoms with Crippen LogP contribution in [0.25, 0.3) is 0 Å². The number of fused-ring (bicyclic) bond motifs is 1. The molecule has 2 rings (SSSR count). The minimum absolute atomic E-state index is 0.219. The lowest BCUT2D eigenvalue weighted by Crippen LogP contribution is -2.09. The molecular weight excluding hydrogens is 204 g/mol. The maximum atomic E-state index is 10.7. The summed E-state index contributed by atoms with van der Waals surface area (Å²) in [6.07, 6.45) is 2.42. The van der Waals surface area contributed by atoms with Gasteiger partial charge < -0.3 is 9.84 Å². The Bertz CT molecular complexity index is 435. The maximum absolute atomic E-state index is 10.7. The standard InChI is InChI=1S/C13H14O3/c1-9(13(14)15)7-10-4-5-12-11(8-10)3-2-6-16-12/h4-5,8H,1-3,6-7H2,(H,14,15). The van der Waals surface area contributed by atoms with Gasteiger partial charge in [0.2, 0.25) is 0 Å². The summed E-state index contributed by atoms with van der Waals surface area (Å²) in [5, 5.41) is 8.76. The molecule has 84 valence electrons. The predicted octanol–water partition coefficient (Wildman–Crippen LogP) is 2.19. The van der Waals surface area contributed by atoms with Crippen LogP contribution in [0.3, 0.4) is 0 Å². The van der Waals surface area contributed by atoms with Crippen molar-refractivity contribution in [3.63, 3.8) is 0 Å². The number of benzene rings is 1. The minimum atomic E-state index is -0.936. The van der Waals surface area contributed by atoms with Gasteiger partial charge in [0, 0.05) is 12.0 Å². The Balaban J connectivity index is 2.17. The highest BCUT2D eigenvalue weighted by atomic mass is 16.5. The Labute approximate surface area is 94.4 Å². The normalized spacial score (nSPS) is 13.8. The number of aryl methyl sites for hydroxylation is 1. The van der Waals surface area contributed by atoms with Gasteiger partial charge in [0.15, 0.2) is 0 Å². The van der Waals surface area contributed by atoms with E-state index in [9.17, 15) is 4.79 Å². The molecule has 1 aromatic carbocycles. The molecule has 1 aliphatic rings. The second kappa shape index (κ2) is 4.39. The van der Waals surface area contributed by atoms with Gasteiger partial charge in [-0.05, 0) is 30.0 Å². The largest absolute Gasteiger partial charge is 0.493 e. The van der Waals surface area contributed by atoms with Gasteiger partial charge in [0.25, 0.3) is 0 Å². The third-order valence-electron chi connectivity index (χ3n) is 2.69. The van der Waals surface area contributed by atoms with E-state index in [0.29, 0.717) is 6.42 Å². The van der Waals surface area contributed by atoms with Crippen LogP contribution < -0.4 is 4.74 Å². The molecule has 0 amide bonds. The SMILES string of the molecule is C=C(Cc1ccc2c(c1)CCCO2)C(=O)O. The second-order valence-corrected chi connectivity index (χ2v) is 3.98. The lowest BCUT2D eigenvalue weighted by molar-refractivity contribution is -0.132. The zero-order valence-electron chi connectivity index (χ0n) is 9.03. The number of rotatable bonds is 3. The first-order valence-corrected chi connectivity index (χ1v) is 5.32. The Morgan fingerprint density at radius 2 is 2.31 bits per heavy atom. The summed E-state index contributed by atoms with van der Waals surface area (Å²) in [7, 11) is 0. The van der Waals surface area contributed by atoms with Gasteiger partial charge in [-0.3, -0.25) is 0 Å². The Kier molecular flexibility index (Phi) is 2.95. The van der Waals surface area contributed by atoms with E-state index in [2.05, 4.69) is 6.58 Å². The average Bonchev–Trinajstić information content (AvgIpc) is 2.28. The number of hydrogen-bond acceptors (Lipinski definition) is 2. The summed E-state index contributed by atoms with van der Waals surface area (Å²) in [5.41, 5.74) is 2.37. The third kappa shape index (κ3) is 2.24. The fourth-order valence-corrected chi connectivity index (χ4v) is 1.85. The summed E-state index contributed by atoms with van der Waals surface area (Å²) in [5.74, 6) is -0.00934. The second-order valence-electron chi connectivity index (χ2n) is 3.98. The zero-order chi connectivity index (χ0) is 11.5. The summed E-state index contributed by atoms with van der Waals surface area (Å²) < 4.78 is 5.49. The van der Waals surface area contributed by atoms with E-state index < -0.39 is 5.97 Å². The summed E-state index contributed by atoms with van der Waals surface area (Å²) in [6.45, 7) is 4.30. The van der Waals surface area contributed by atoms with E-state index in [1.165, 1.54) is 5.56 Å². The lowest BCUT2D eigenvalue weighted by Gasteiger charge is -2.17. The molecule has 0 saturated carbocycles. The molecule has 1 N–H and O–H groups in total. The van der Waals surface area contributed by atoms with Crippen molar-refractivity contribution in [1.82, 2.24) is 0 Å². The summed E-state index contributed by atoms with van der Waals surface area (Å²) in [6, 6.07) is 5.83. The van der Waals surface area contributed by atoms with Crippen molar-refractivity contribution in [2.24, 2.45) is 0 Å². The van der Waals surface area contributed by atoms with Crippen LogP contribution in [0.4, 0.5) is 0 Å². The molecule has 0 bridgehead atoms. The first-order valence-electron chi connectivity index (χ1n) is 5.32. The van der Waals surface area contributed by atoms with Crippen LogP contribution >= 0.6 is 0 Å². The van der Waals surface area contributed by atoms with Gasteiger partial charge in [-0.2, -0.15) is 0 Å². The van der Waals surface area contributed by atoms with Gasteiger partial charge in [-0.25, -0.2) is 4.79 Å². The van der Waals surface area contributed by atoms with Crippen LogP contribution in [0.15, 0.2) is 30.4 Å². The van der Waals surface area contributed by atoms with E-state index in [0.717, 1.165) is 30.8 Å². The number of ether oxygens (including phenoxy) is 1. The minimum Gasteiger partial charge on any atom is -0.493 e. The lowest BCUT2D eigenvalue weighted by atomic mass is 9.99. The topological polar surface area (TPSA) is 46.5 Å². The van der Waals surface area contributed by atoms with Crippen molar-refractivity contribution in [2.45, 2.75) is 19.3 Å². The highest BCUT2D eigenvalue weighted by molar-refractivity contribution is 5.86. The molecule has 0 aromatic heterocycles. The summed E-state index contributed by atoms with van der Waals surface area (Å²) in [4.78, 5) is 10.7. The fourth-order valence-electron chi connectivity index (χ4n) is 1.85. The van der Waals surface area contributed by atoms with Crippen molar-refractivity contribution in [3.8, 4) is 5.75 Å². The molecule has 0 fully saturated rings. The molecule has 0 aliphatic carbocycles. The molecule has 1 aromatic rings. The summed E-state index contributed by atoms with van der Waals surface area (Å²) >= 11 is 0. The van der Waals surface area contributed by atoms with E-state index >= 15 is 0 Å². The van der Waals surface area contributed by atoms with Crippen LogP contribution in [0.5, 0.6) is 5.75 Å². The molecule has 0 saturated heterocycles. The number of carboxylic acids is 1. The number of carboxylic acid groups (broad SMARTS) is 1. The predicted molar refractivity (Wildman–Crippen MR) is 60.7 cm³/mol. The highest BCUT2D eigenvalue weighted by Gasteiger charge is 2.12. The zero-order valence-corrected chi connectivity index (χ0v) is 9.03. The van der Waals surface area contributed by atoms with Crippen LogP contribution in [-0.2, 0) is 17.6 Å². The van der Waals surface area contributed by atoms with Crippen LogP contribution in [0.1, 0.15) is 17.5 Å². The van der Waals surface area contributed by atoms with E-state index in [1.54, 1.807) is 0 Å². The molecular formula is C13H14O3. The molecule has 1 aliphatic heterocycles. The maximum Gasteiger partial charge on any atom is 0.331 e. The number of aliphatic carboxylic acids is 1. The van der Waals surface area contributed by atoms with Crippen molar-refractivity contribution in [2.75, 3.05) is 6.61 Å². The van der Waals surface area contributed by atoms with Crippen LogP contribution in [-0.4, -0.2) is 17.7 Å². The van der Waals surface area contributed by atoms with Crippen LogP contribution in [0, 0.1) is 0 Å². The van der Waals surface area contributed by atoms with Gasteiger partial charge >= 0.3 is 5.97 Å². The van der Waals surface area contributed by atoms with Crippen molar-refractivity contribution in [1.29, 1.82) is 0 Å².